The lowest BCUT2D eigenvalue weighted by Crippen LogP contribution is -2.53. The van der Waals surface area contributed by atoms with E-state index in [0.717, 1.165) is 19.0 Å². The first-order valence-corrected chi connectivity index (χ1v) is 6.29. The Morgan fingerprint density at radius 2 is 2.28 bits per heavy atom. The van der Waals surface area contributed by atoms with Gasteiger partial charge in [-0.2, -0.15) is 4.98 Å². The first-order valence-electron chi connectivity index (χ1n) is 6.29. The van der Waals surface area contributed by atoms with E-state index in [9.17, 15) is 0 Å². The number of rotatable bonds is 3. The molecule has 0 aliphatic carbocycles. The van der Waals surface area contributed by atoms with Gasteiger partial charge in [0.25, 0.3) is 0 Å². The third-order valence-corrected chi connectivity index (χ3v) is 3.08. The third kappa shape index (κ3) is 2.51. The van der Waals surface area contributed by atoms with E-state index in [4.69, 9.17) is 15.2 Å². The van der Waals surface area contributed by atoms with E-state index < -0.39 is 0 Å². The number of anilines is 2. The molecule has 0 spiro atoms. The minimum Gasteiger partial charge on any atom is -0.476 e. The highest BCUT2D eigenvalue weighted by atomic mass is 16.5. The van der Waals surface area contributed by atoms with Crippen LogP contribution in [0.4, 0.5) is 11.5 Å². The maximum Gasteiger partial charge on any atom is 0.239 e. The Morgan fingerprint density at radius 3 is 2.94 bits per heavy atom. The van der Waals surface area contributed by atoms with Crippen LogP contribution in [0, 0.1) is 0 Å². The van der Waals surface area contributed by atoms with E-state index in [-0.39, 0.29) is 5.54 Å². The molecule has 2 N–H and O–H groups in total. The van der Waals surface area contributed by atoms with E-state index in [2.05, 4.69) is 23.7 Å². The van der Waals surface area contributed by atoms with Gasteiger partial charge in [0.15, 0.2) is 0 Å². The molecule has 5 nitrogen and oxygen atoms in total. The molecule has 0 aromatic carbocycles. The Hall–Kier alpha value is -1.49. The smallest absolute Gasteiger partial charge is 0.239 e. The predicted molar refractivity (Wildman–Crippen MR) is 72.1 cm³/mol. The van der Waals surface area contributed by atoms with Crippen molar-refractivity contribution in [3.8, 4) is 5.88 Å². The van der Waals surface area contributed by atoms with Crippen molar-refractivity contribution in [2.24, 2.45) is 0 Å². The lowest BCUT2D eigenvalue weighted by atomic mass is 10.0. The second-order valence-electron chi connectivity index (χ2n) is 5.01. The second-order valence-corrected chi connectivity index (χ2v) is 5.01. The molecule has 1 saturated heterocycles. The van der Waals surface area contributed by atoms with Crippen LogP contribution in [0.1, 0.15) is 20.8 Å². The highest BCUT2D eigenvalue weighted by molar-refractivity contribution is 5.55. The van der Waals surface area contributed by atoms with E-state index in [1.165, 1.54) is 0 Å². The van der Waals surface area contributed by atoms with E-state index in [0.29, 0.717) is 24.8 Å². The summed E-state index contributed by atoms with van der Waals surface area (Å²) in [4.78, 5) is 6.74. The number of nitrogens with zero attached hydrogens (tertiary/aromatic N) is 2. The van der Waals surface area contributed by atoms with Gasteiger partial charge in [0.1, 0.15) is 5.82 Å². The number of hydrogen-bond donors (Lipinski definition) is 1. The normalized spacial score (nSPS) is 18.7. The first kappa shape index (κ1) is 13.0. The minimum absolute atomic E-state index is 0.0646. The summed E-state index contributed by atoms with van der Waals surface area (Å²) in [6.45, 7) is 9.02. The SMILES string of the molecule is CCOc1nc(N2CCOCC2(C)C)ccc1N. The lowest BCUT2D eigenvalue weighted by molar-refractivity contribution is 0.0638. The number of ether oxygens (including phenoxy) is 2. The Bertz CT molecular complexity index is 421. The van der Waals surface area contributed by atoms with Crippen molar-refractivity contribution in [1.29, 1.82) is 0 Å². The van der Waals surface area contributed by atoms with Crippen LogP contribution < -0.4 is 15.4 Å². The molecule has 2 rings (SSSR count). The number of morpholine rings is 1. The molecule has 0 radical (unpaired) electrons. The van der Waals surface area contributed by atoms with Gasteiger partial charge in [-0.25, -0.2) is 0 Å². The average Bonchev–Trinajstić information content (AvgIpc) is 2.32. The molecule has 1 aliphatic heterocycles. The zero-order chi connectivity index (χ0) is 13.2. The molecule has 0 amide bonds. The van der Waals surface area contributed by atoms with Gasteiger partial charge in [-0.05, 0) is 32.9 Å². The molecule has 5 heteroatoms. The number of nitrogen functional groups attached to an aromatic ring is 1. The molecular formula is C13H21N3O2. The third-order valence-electron chi connectivity index (χ3n) is 3.08. The minimum atomic E-state index is -0.0646. The van der Waals surface area contributed by atoms with Gasteiger partial charge in [-0.3, -0.25) is 0 Å². The Balaban J connectivity index is 2.29. The van der Waals surface area contributed by atoms with Crippen molar-refractivity contribution in [3.63, 3.8) is 0 Å². The van der Waals surface area contributed by atoms with Gasteiger partial charge >= 0.3 is 0 Å². The van der Waals surface area contributed by atoms with E-state index in [1.54, 1.807) is 0 Å². The molecule has 1 aromatic heterocycles. The highest BCUT2D eigenvalue weighted by Crippen LogP contribution is 2.29. The molecule has 0 atom stereocenters. The van der Waals surface area contributed by atoms with Crippen LogP contribution in [0.3, 0.4) is 0 Å². The average molecular weight is 251 g/mol. The van der Waals surface area contributed by atoms with Crippen LogP contribution in [0.2, 0.25) is 0 Å². The van der Waals surface area contributed by atoms with Gasteiger partial charge in [0.05, 0.1) is 31.0 Å². The van der Waals surface area contributed by atoms with Crippen LogP contribution in [0.5, 0.6) is 5.88 Å². The summed E-state index contributed by atoms with van der Waals surface area (Å²) in [6.07, 6.45) is 0. The number of pyridine rings is 1. The van der Waals surface area contributed by atoms with Crippen LogP contribution in [0.25, 0.3) is 0 Å². The van der Waals surface area contributed by atoms with Crippen molar-refractivity contribution in [2.75, 3.05) is 37.0 Å². The topological polar surface area (TPSA) is 60.6 Å². The molecule has 2 heterocycles. The van der Waals surface area contributed by atoms with Crippen LogP contribution in [0.15, 0.2) is 12.1 Å². The van der Waals surface area contributed by atoms with Crippen molar-refractivity contribution < 1.29 is 9.47 Å². The van der Waals surface area contributed by atoms with Crippen LogP contribution in [-0.2, 0) is 4.74 Å². The van der Waals surface area contributed by atoms with Gasteiger partial charge in [-0.1, -0.05) is 0 Å². The lowest BCUT2D eigenvalue weighted by Gasteiger charge is -2.43. The summed E-state index contributed by atoms with van der Waals surface area (Å²) >= 11 is 0. The number of aromatic nitrogens is 1. The quantitative estimate of drug-likeness (QED) is 0.885. The molecule has 1 fully saturated rings. The molecule has 0 bridgehead atoms. The Morgan fingerprint density at radius 1 is 1.50 bits per heavy atom. The van der Waals surface area contributed by atoms with Crippen LogP contribution in [-0.4, -0.2) is 36.9 Å². The fourth-order valence-electron chi connectivity index (χ4n) is 2.13. The molecule has 18 heavy (non-hydrogen) atoms. The van der Waals surface area contributed by atoms with Gasteiger partial charge in [0.2, 0.25) is 5.88 Å². The number of hydrogen-bond acceptors (Lipinski definition) is 5. The zero-order valence-electron chi connectivity index (χ0n) is 11.3. The standard InChI is InChI=1S/C13H21N3O2/c1-4-18-12-10(14)5-6-11(15-12)16-7-8-17-9-13(16,2)3/h5-6H,4,7-9,14H2,1-3H3. The Labute approximate surface area is 108 Å². The van der Waals surface area contributed by atoms with Gasteiger partial charge in [0, 0.05) is 6.54 Å². The molecule has 1 aromatic rings. The predicted octanol–water partition coefficient (Wildman–Crippen LogP) is 1.68. The van der Waals surface area contributed by atoms with Crippen molar-refractivity contribution in [3.05, 3.63) is 12.1 Å². The summed E-state index contributed by atoms with van der Waals surface area (Å²) in [6, 6.07) is 3.78. The highest BCUT2D eigenvalue weighted by Gasteiger charge is 2.31. The summed E-state index contributed by atoms with van der Waals surface area (Å²) < 4.78 is 11.0. The number of nitrogens with two attached hydrogens (primary N) is 1. The molecule has 100 valence electrons. The summed E-state index contributed by atoms with van der Waals surface area (Å²) in [5.41, 5.74) is 6.35. The van der Waals surface area contributed by atoms with Crippen LogP contribution >= 0.6 is 0 Å². The zero-order valence-corrected chi connectivity index (χ0v) is 11.3. The van der Waals surface area contributed by atoms with E-state index >= 15 is 0 Å². The maximum atomic E-state index is 5.84. The summed E-state index contributed by atoms with van der Waals surface area (Å²) in [5.74, 6) is 1.40. The molecule has 0 unspecified atom stereocenters. The Kier molecular flexibility index (Phi) is 3.61. The second kappa shape index (κ2) is 5.02. The molecular weight excluding hydrogens is 230 g/mol. The summed E-state index contributed by atoms with van der Waals surface area (Å²) in [7, 11) is 0. The molecule has 1 aliphatic rings. The van der Waals surface area contributed by atoms with Crippen molar-refractivity contribution in [2.45, 2.75) is 26.3 Å². The van der Waals surface area contributed by atoms with Crippen molar-refractivity contribution >= 4 is 11.5 Å². The monoisotopic (exact) mass is 251 g/mol. The van der Waals surface area contributed by atoms with Crippen molar-refractivity contribution in [1.82, 2.24) is 4.98 Å². The largest absolute Gasteiger partial charge is 0.476 e. The molecule has 0 saturated carbocycles. The van der Waals surface area contributed by atoms with Gasteiger partial charge in [-0.15, -0.1) is 0 Å². The first-order chi connectivity index (χ1) is 8.54. The van der Waals surface area contributed by atoms with E-state index in [1.807, 2.05) is 19.1 Å². The fourth-order valence-corrected chi connectivity index (χ4v) is 2.13. The fraction of sp³-hybridized carbons (Fsp3) is 0.615. The summed E-state index contributed by atoms with van der Waals surface area (Å²) in [5, 5.41) is 0. The van der Waals surface area contributed by atoms with Gasteiger partial charge < -0.3 is 20.1 Å². The maximum absolute atomic E-state index is 5.84.